The van der Waals surface area contributed by atoms with E-state index in [1.807, 2.05) is 0 Å². The number of para-hydroxylation sites is 1. The van der Waals surface area contributed by atoms with Crippen molar-refractivity contribution in [2.75, 3.05) is 0 Å². The molecule has 0 aliphatic heterocycles. The monoisotopic (exact) mass is 676 g/mol. The molecule has 0 bridgehead atoms. The number of nitro benzene ring substituents is 1. The fourth-order valence-electron chi connectivity index (χ4n) is 4.86. The molecule has 0 aliphatic rings. The van der Waals surface area contributed by atoms with E-state index in [4.69, 9.17) is 4.74 Å². The van der Waals surface area contributed by atoms with Gasteiger partial charge in [-0.25, -0.2) is 0 Å². The third-order valence-electron chi connectivity index (χ3n) is 6.46. The summed E-state index contributed by atoms with van der Waals surface area (Å²) in [7, 11) is -15.1. The van der Waals surface area contributed by atoms with Crippen LogP contribution in [0.5, 0.6) is 5.75 Å². The summed E-state index contributed by atoms with van der Waals surface area (Å²) in [5.41, 5.74) is -0.146. The smallest absolute Gasteiger partial charge is 0.295 e. The summed E-state index contributed by atoms with van der Waals surface area (Å²) >= 11 is 0. The minimum absolute atomic E-state index is 0. The molecule has 13 nitrogen and oxygen atoms in total. The Hall–Kier alpha value is -0.930. The van der Waals surface area contributed by atoms with E-state index >= 15 is 0 Å². The molecule has 0 aliphatic carbocycles. The van der Waals surface area contributed by atoms with E-state index in [9.17, 15) is 49.0 Å². The average Bonchev–Trinajstić information content (AvgIpc) is 2.85. The fourth-order valence-corrected chi connectivity index (χ4v) is 7.06. The molecule has 1 unspecified atom stereocenters. The minimum atomic E-state index is -5.07. The Morgan fingerprint density at radius 1 is 0.674 bits per heavy atom. The molecule has 0 heterocycles. The third kappa shape index (κ3) is 7.08. The summed E-state index contributed by atoms with van der Waals surface area (Å²) in [6, 6.07) is 12.0. The van der Waals surface area contributed by atoms with Crippen LogP contribution in [-0.2, 0) is 30.4 Å². The van der Waals surface area contributed by atoms with Crippen LogP contribution in [0.3, 0.4) is 0 Å². The molecule has 43 heavy (non-hydrogen) atoms. The van der Waals surface area contributed by atoms with Gasteiger partial charge < -0.3 is 4.74 Å². The summed E-state index contributed by atoms with van der Waals surface area (Å²) in [6.45, 7) is 1.46. The van der Waals surface area contributed by atoms with Crippen molar-refractivity contribution >= 4 is 157 Å². The van der Waals surface area contributed by atoms with Gasteiger partial charge in [0.1, 0.15) is 26.5 Å². The van der Waals surface area contributed by atoms with Crippen molar-refractivity contribution in [3.8, 4) is 5.75 Å². The Kier molecular flexibility index (Phi) is 11.9. The zero-order chi connectivity index (χ0) is 29.4. The van der Waals surface area contributed by atoms with E-state index in [2.05, 4.69) is 0 Å². The maximum atomic E-state index is 12.4. The van der Waals surface area contributed by atoms with Gasteiger partial charge >= 0.3 is 0 Å². The van der Waals surface area contributed by atoms with Gasteiger partial charge in [0.15, 0.2) is 0 Å². The Morgan fingerprint density at radius 3 is 1.51 bits per heavy atom. The van der Waals surface area contributed by atoms with Gasteiger partial charge in [-0.3, -0.25) is 23.8 Å². The van der Waals surface area contributed by atoms with E-state index in [-0.39, 0.29) is 138 Å². The number of hydrogen-bond donors (Lipinski definition) is 3. The van der Waals surface area contributed by atoms with Gasteiger partial charge in [-0.15, -0.1) is 0 Å². The Labute approximate surface area is 311 Å². The molecule has 1 atom stereocenters. The molecule has 0 spiro atoms. The van der Waals surface area contributed by atoms with Crippen LogP contribution in [0.2, 0.25) is 0 Å². The summed E-state index contributed by atoms with van der Waals surface area (Å²) in [5, 5.41) is 10.8. The van der Waals surface area contributed by atoms with Gasteiger partial charge in [0.25, 0.3) is 36.0 Å². The maximum Gasteiger partial charge on any atom is 0.295 e. The van der Waals surface area contributed by atoms with Crippen molar-refractivity contribution < 1.29 is 48.6 Å². The van der Waals surface area contributed by atoms with Crippen molar-refractivity contribution in [3.63, 3.8) is 0 Å². The van der Waals surface area contributed by atoms with Crippen LogP contribution in [0.4, 0.5) is 5.69 Å². The summed E-state index contributed by atoms with van der Waals surface area (Å²) in [4.78, 5) is 8.45. The van der Waals surface area contributed by atoms with E-state index in [0.717, 1.165) is 18.2 Å². The first-order valence-corrected chi connectivity index (χ1v) is 15.4. The summed E-state index contributed by atoms with van der Waals surface area (Å²) in [5.74, 6) is -0.203. The van der Waals surface area contributed by atoms with Gasteiger partial charge in [-0.2, -0.15) is 25.3 Å². The maximum absolute atomic E-state index is 12.4. The zero-order valence-corrected chi connectivity index (χ0v) is 31.5. The van der Waals surface area contributed by atoms with Crippen LogP contribution in [0.15, 0.2) is 75.4 Å². The van der Waals surface area contributed by atoms with Crippen molar-refractivity contribution in [1.82, 2.24) is 0 Å². The molecular weight excluding hydrogens is 659 g/mol. The van der Waals surface area contributed by atoms with Gasteiger partial charge in [-0.05, 0) is 25.1 Å². The molecule has 0 saturated carbocycles. The van der Waals surface area contributed by atoms with E-state index in [0.29, 0.717) is 6.07 Å². The van der Waals surface area contributed by atoms with Crippen LogP contribution < -0.4 is 4.74 Å². The summed E-state index contributed by atoms with van der Waals surface area (Å²) < 4.78 is 109. The number of ether oxygens (including phenoxy) is 1. The van der Waals surface area contributed by atoms with E-state index < -0.39 is 56.1 Å². The van der Waals surface area contributed by atoms with E-state index in [1.54, 1.807) is 0 Å². The van der Waals surface area contributed by atoms with Crippen LogP contribution in [0, 0.1) is 10.1 Å². The first-order chi connectivity index (χ1) is 18.5. The van der Waals surface area contributed by atoms with Crippen molar-refractivity contribution in [2.45, 2.75) is 27.7 Å². The molecule has 211 valence electrons. The molecule has 19 heteroatoms. The quantitative estimate of drug-likeness (QED) is 0.0745. The zero-order valence-electron chi connectivity index (χ0n) is 23.0. The van der Waals surface area contributed by atoms with Crippen LogP contribution >= 0.6 is 0 Å². The Morgan fingerprint density at radius 2 is 1.07 bits per heavy atom. The van der Waals surface area contributed by atoms with E-state index in [1.165, 1.54) is 43.3 Å². The van der Waals surface area contributed by atoms with Crippen LogP contribution in [0.25, 0.3) is 32.3 Å². The number of nitrogens with zero attached hydrogens (tertiary/aromatic N) is 1. The second-order valence-electron chi connectivity index (χ2n) is 8.82. The molecule has 3 radical (unpaired) electrons. The third-order valence-corrected chi connectivity index (χ3v) is 9.14. The predicted octanol–water partition coefficient (Wildman–Crippen LogP) is 3.23. The molecule has 3 N–H and O–H groups in total. The first-order valence-electron chi connectivity index (χ1n) is 11.1. The van der Waals surface area contributed by atoms with Crippen LogP contribution in [-0.4, -0.2) is 133 Å². The number of benzene rings is 5. The fraction of sp³-hybridized carbons (Fsp3) is 0.0833. The Balaban J connectivity index is 0.00000215. The summed E-state index contributed by atoms with van der Waals surface area (Å²) in [6.07, 6.45) is -1.05. The molecular formula is C24H17NNa3O12S3. The minimum Gasteiger partial charge on any atom is -0.485 e. The molecule has 5 aromatic carbocycles. The second kappa shape index (κ2) is 13.4. The molecule has 0 fully saturated rings. The van der Waals surface area contributed by atoms with Gasteiger partial charge in [0, 0.05) is 133 Å². The van der Waals surface area contributed by atoms with Gasteiger partial charge in [-0.1, -0.05) is 30.3 Å². The molecule has 0 amide bonds. The number of nitro groups is 1. The van der Waals surface area contributed by atoms with Crippen molar-refractivity contribution in [3.05, 3.63) is 76.3 Å². The predicted molar refractivity (Wildman–Crippen MR) is 159 cm³/mol. The normalized spacial score (nSPS) is 12.7. The molecule has 0 aromatic heterocycles. The van der Waals surface area contributed by atoms with Gasteiger partial charge in [0.05, 0.1) is 10.5 Å². The topological polar surface area (TPSA) is 215 Å². The first kappa shape index (κ1) is 38.3. The largest absolute Gasteiger partial charge is 0.485 e. The van der Waals surface area contributed by atoms with Gasteiger partial charge in [0.2, 0.25) is 0 Å². The number of hydrogen-bond acceptors (Lipinski definition) is 9. The molecule has 5 rings (SSSR count). The average molecular weight is 677 g/mol. The van der Waals surface area contributed by atoms with Crippen molar-refractivity contribution in [2.24, 2.45) is 0 Å². The molecule has 5 aromatic rings. The van der Waals surface area contributed by atoms with Crippen LogP contribution in [0.1, 0.15) is 18.6 Å². The Bertz CT molecular complexity index is 2170. The molecule has 0 saturated heterocycles. The standard InChI is InChI=1S/C24H17NO12S3.3Na/c1-12(13-4-2-3-5-18(13)25(26)27)37-19-10-20(38(28,29)30)15-8-9-17-22(40(34,35)36)11-21(39(31,32)33)16-7-6-14(19)23(15)24(16)17;;;/h2-12H,1H3,(H,28,29,30)(H,31,32,33)(H,34,35,36);;;. The van der Waals surface area contributed by atoms with Crippen molar-refractivity contribution in [1.29, 1.82) is 0 Å². The number of rotatable bonds is 7. The second-order valence-corrected chi connectivity index (χ2v) is 13.0. The SMILES string of the molecule is CC(Oc1cc(S(=O)(=O)O)c2ccc3c(S(=O)(=O)O)cc(S(=O)(=O)O)c4ccc1c2c43)c1ccccc1[N+](=O)[O-].[Na].[Na].[Na].